The molecule has 0 unspecified atom stereocenters. The Kier molecular flexibility index (Phi) is 2.74. The number of aromatic nitrogens is 4. The van der Waals surface area contributed by atoms with Gasteiger partial charge in [0.1, 0.15) is 5.01 Å². The van der Waals surface area contributed by atoms with Crippen LogP contribution in [0.5, 0.6) is 0 Å². The molecule has 0 aliphatic heterocycles. The summed E-state index contributed by atoms with van der Waals surface area (Å²) in [4.78, 5) is 9.61. The van der Waals surface area contributed by atoms with E-state index >= 15 is 0 Å². The summed E-state index contributed by atoms with van der Waals surface area (Å²) in [5.74, 6) is 0.270. The molecule has 0 bridgehead atoms. The molecule has 2 aromatic heterocycles. The summed E-state index contributed by atoms with van der Waals surface area (Å²) in [7, 11) is 0. The van der Waals surface area contributed by atoms with E-state index in [0.29, 0.717) is 11.3 Å². The highest BCUT2D eigenvalue weighted by Crippen LogP contribution is 2.18. The topological polar surface area (TPSA) is 69.6 Å². The van der Waals surface area contributed by atoms with E-state index in [2.05, 4.69) is 37.9 Å². The molecule has 2 N–H and O–H groups in total. The summed E-state index contributed by atoms with van der Waals surface area (Å²) in [6, 6.07) is 0. The highest BCUT2D eigenvalue weighted by molar-refractivity contribution is 9.10. The van der Waals surface area contributed by atoms with Crippen LogP contribution in [0.3, 0.4) is 0 Å². The van der Waals surface area contributed by atoms with E-state index in [1.807, 2.05) is 6.92 Å². The number of thiazole rings is 1. The Morgan fingerprint density at radius 3 is 2.60 bits per heavy atom. The van der Waals surface area contributed by atoms with Crippen LogP contribution in [0.1, 0.15) is 15.6 Å². The lowest BCUT2D eigenvalue weighted by atomic mass is 10.4. The first-order valence-electron chi connectivity index (χ1n) is 4.35. The van der Waals surface area contributed by atoms with Crippen LogP contribution >= 0.6 is 27.3 Å². The summed E-state index contributed by atoms with van der Waals surface area (Å²) in [6.07, 6.45) is 0. The normalized spacial score (nSPS) is 10.9. The highest BCUT2D eigenvalue weighted by atomic mass is 79.9. The van der Waals surface area contributed by atoms with E-state index in [0.717, 1.165) is 10.7 Å². The molecule has 80 valence electrons. The standard InChI is InChI=1S/C8H10BrN5S/c1-4-5(2)15-6(11-4)3-14-7(9)12-8(10)13-14/h3H2,1-2H3,(H2,10,13). The van der Waals surface area contributed by atoms with Crippen LogP contribution < -0.4 is 5.73 Å². The van der Waals surface area contributed by atoms with Crippen molar-refractivity contribution in [2.45, 2.75) is 20.4 Å². The fraction of sp³-hybridized carbons (Fsp3) is 0.375. The molecule has 2 aromatic rings. The van der Waals surface area contributed by atoms with Crippen LogP contribution in [0.4, 0.5) is 5.95 Å². The second kappa shape index (κ2) is 3.90. The van der Waals surface area contributed by atoms with Gasteiger partial charge >= 0.3 is 0 Å². The van der Waals surface area contributed by atoms with Crippen LogP contribution in [0.15, 0.2) is 4.73 Å². The Hall–Kier alpha value is -0.950. The number of aryl methyl sites for hydroxylation is 2. The Morgan fingerprint density at radius 2 is 2.13 bits per heavy atom. The maximum Gasteiger partial charge on any atom is 0.240 e. The number of rotatable bonds is 2. The summed E-state index contributed by atoms with van der Waals surface area (Å²) in [5, 5.41) is 5.06. The van der Waals surface area contributed by atoms with Gasteiger partial charge in [-0.3, -0.25) is 0 Å². The van der Waals surface area contributed by atoms with Gasteiger partial charge in [0.15, 0.2) is 4.73 Å². The largest absolute Gasteiger partial charge is 0.366 e. The third-order valence-corrected chi connectivity index (χ3v) is 3.65. The van der Waals surface area contributed by atoms with Crippen molar-refractivity contribution in [1.82, 2.24) is 19.7 Å². The zero-order chi connectivity index (χ0) is 11.0. The van der Waals surface area contributed by atoms with Gasteiger partial charge in [-0.25, -0.2) is 9.67 Å². The molecule has 0 aromatic carbocycles. The van der Waals surface area contributed by atoms with Gasteiger partial charge < -0.3 is 5.73 Å². The molecular weight excluding hydrogens is 278 g/mol. The first-order chi connectivity index (χ1) is 7.06. The zero-order valence-corrected chi connectivity index (χ0v) is 10.8. The van der Waals surface area contributed by atoms with Gasteiger partial charge in [-0.15, -0.1) is 16.4 Å². The van der Waals surface area contributed by atoms with Crippen LogP contribution in [0.25, 0.3) is 0 Å². The number of nitrogen functional groups attached to an aromatic ring is 1. The van der Waals surface area contributed by atoms with Crippen molar-refractivity contribution in [3.63, 3.8) is 0 Å². The number of nitrogens with zero attached hydrogens (tertiary/aromatic N) is 4. The number of hydrogen-bond donors (Lipinski definition) is 1. The predicted molar refractivity (Wildman–Crippen MR) is 62.8 cm³/mol. The van der Waals surface area contributed by atoms with E-state index < -0.39 is 0 Å². The molecule has 2 heterocycles. The molecule has 0 amide bonds. The molecule has 0 fully saturated rings. The lowest BCUT2D eigenvalue weighted by Gasteiger charge is -1.96. The number of hydrogen-bond acceptors (Lipinski definition) is 5. The molecular formula is C8H10BrN5S. The van der Waals surface area contributed by atoms with Gasteiger partial charge in [0.2, 0.25) is 5.95 Å². The molecule has 0 radical (unpaired) electrons. The minimum Gasteiger partial charge on any atom is -0.366 e. The second-order valence-electron chi connectivity index (χ2n) is 3.15. The average molecular weight is 288 g/mol. The fourth-order valence-electron chi connectivity index (χ4n) is 1.18. The number of anilines is 1. The molecule has 0 aliphatic carbocycles. The van der Waals surface area contributed by atoms with E-state index in [4.69, 9.17) is 5.73 Å². The molecule has 15 heavy (non-hydrogen) atoms. The Labute approximate surface area is 99.5 Å². The van der Waals surface area contributed by atoms with Gasteiger partial charge in [-0.05, 0) is 29.8 Å². The molecule has 0 saturated heterocycles. The maximum absolute atomic E-state index is 5.48. The predicted octanol–water partition coefficient (Wildman–Crippen LogP) is 1.74. The number of halogens is 1. The summed E-state index contributed by atoms with van der Waals surface area (Å²) in [5.41, 5.74) is 6.55. The third kappa shape index (κ3) is 2.18. The van der Waals surface area contributed by atoms with Gasteiger partial charge in [-0.2, -0.15) is 4.98 Å². The van der Waals surface area contributed by atoms with Crippen LogP contribution in [0.2, 0.25) is 0 Å². The minimum absolute atomic E-state index is 0.270. The smallest absolute Gasteiger partial charge is 0.240 e. The maximum atomic E-state index is 5.48. The van der Waals surface area contributed by atoms with E-state index in [9.17, 15) is 0 Å². The summed E-state index contributed by atoms with van der Waals surface area (Å²) >= 11 is 4.95. The Balaban J connectivity index is 2.25. The number of nitrogens with two attached hydrogens (primary N) is 1. The molecule has 2 rings (SSSR count). The Bertz CT molecular complexity index is 470. The van der Waals surface area contributed by atoms with Crippen molar-refractivity contribution in [3.8, 4) is 0 Å². The SMILES string of the molecule is Cc1nc(Cn2nc(N)nc2Br)sc1C. The van der Waals surface area contributed by atoms with Crippen molar-refractivity contribution in [2.24, 2.45) is 0 Å². The minimum atomic E-state index is 0.270. The molecule has 0 atom stereocenters. The van der Waals surface area contributed by atoms with Gasteiger partial charge in [0, 0.05) is 4.88 Å². The second-order valence-corrected chi connectivity index (χ2v) is 5.14. The van der Waals surface area contributed by atoms with E-state index in [1.165, 1.54) is 4.88 Å². The molecule has 0 aliphatic rings. The van der Waals surface area contributed by atoms with E-state index in [-0.39, 0.29) is 5.95 Å². The van der Waals surface area contributed by atoms with Crippen molar-refractivity contribution in [2.75, 3.05) is 5.73 Å². The lowest BCUT2D eigenvalue weighted by Crippen LogP contribution is -2.02. The van der Waals surface area contributed by atoms with Crippen molar-refractivity contribution >= 4 is 33.2 Å². The van der Waals surface area contributed by atoms with E-state index in [1.54, 1.807) is 16.0 Å². The monoisotopic (exact) mass is 287 g/mol. The summed E-state index contributed by atoms with van der Waals surface area (Å²) in [6.45, 7) is 4.66. The quantitative estimate of drug-likeness (QED) is 0.914. The highest BCUT2D eigenvalue weighted by Gasteiger charge is 2.09. The molecule has 0 spiro atoms. The first-order valence-corrected chi connectivity index (χ1v) is 5.96. The first kappa shape index (κ1) is 10.6. The molecule has 0 saturated carbocycles. The van der Waals surface area contributed by atoms with Gasteiger partial charge in [-0.1, -0.05) is 0 Å². The van der Waals surface area contributed by atoms with Crippen molar-refractivity contribution in [3.05, 3.63) is 20.3 Å². The van der Waals surface area contributed by atoms with Crippen LogP contribution in [-0.2, 0) is 6.54 Å². The van der Waals surface area contributed by atoms with Crippen molar-refractivity contribution in [1.29, 1.82) is 0 Å². The van der Waals surface area contributed by atoms with Crippen LogP contribution in [0, 0.1) is 13.8 Å². The van der Waals surface area contributed by atoms with Crippen LogP contribution in [-0.4, -0.2) is 19.7 Å². The Morgan fingerprint density at radius 1 is 1.40 bits per heavy atom. The van der Waals surface area contributed by atoms with Gasteiger partial charge in [0.25, 0.3) is 0 Å². The summed E-state index contributed by atoms with van der Waals surface area (Å²) < 4.78 is 2.32. The van der Waals surface area contributed by atoms with Crippen molar-refractivity contribution < 1.29 is 0 Å². The fourth-order valence-corrected chi connectivity index (χ4v) is 2.48. The van der Waals surface area contributed by atoms with Gasteiger partial charge in [0.05, 0.1) is 12.2 Å². The zero-order valence-electron chi connectivity index (χ0n) is 8.36. The molecule has 7 heteroatoms. The average Bonchev–Trinajstić information content (AvgIpc) is 2.59. The lowest BCUT2D eigenvalue weighted by molar-refractivity contribution is 0.666. The third-order valence-electron chi connectivity index (χ3n) is 2.00. The molecule has 5 nitrogen and oxygen atoms in total.